The number of ether oxygens (including phenoxy) is 1. The fraction of sp³-hybridized carbons (Fsp3) is 0.643. The Labute approximate surface area is 118 Å². The van der Waals surface area contributed by atoms with Gasteiger partial charge in [-0.15, -0.1) is 0 Å². The maximum Gasteiger partial charge on any atom is 0.339 e. The molecule has 1 aliphatic rings. The number of anilines is 1. The lowest BCUT2D eigenvalue weighted by atomic mass is 10.1. The molecule has 0 saturated carbocycles. The Morgan fingerprint density at radius 2 is 2.35 bits per heavy atom. The summed E-state index contributed by atoms with van der Waals surface area (Å²) in [5.74, 6) is 0.114. The molecule has 2 heterocycles. The third-order valence-electron chi connectivity index (χ3n) is 3.65. The molecule has 0 aliphatic carbocycles. The van der Waals surface area contributed by atoms with E-state index in [0.29, 0.717) is 17.6 Å². The lowest BCUT2D eigenvalue weighted by Gasteiger charge is -2.24. The molecule has 6 heteroatoms. The molecule has 1 unspecified atom stereocenters. The van der Waals surface area contributed by atoms with Crippen LogP contribution in [0.15, 0.2) is 6.20 Å². The highest BCUT2D eigenvalue weighted by Gasteiger charge is 2.21. The standard InChI is InChI=1S/C14H21N3O3/c1-10-12(13(18)19)7-15-14(16-10)17-6-4-3-5-11(8-17)9-20-2/h7,11H,3-6,8-9H2,1-2H3,(H,18,19). The molecule has 20 heavy (non-hydrogen) atoms. The minimum Gasteiger partial charge on any atom is -0.478 e. The van der Waals surface area contributed by atoms with Crippen LogP contribution in [0.3, 0.4) is 0 Å². The maximum atomic E-state index is 11.0. The zero-order valence-corrected chi connectivity index (χ0v) is 12.0. The van der Waals surface area contributed by atoms with Gasteiger partial charge in [0.2, 0.25) is 5.95 Å². The van der Waals surface area contributed by atoms with Crippen LogP contribution in [0.5, 0.6) is 0 Å². The average Bonchev–Trinajstić information content (AvgIpc) is 2.64. The van der Waals surface area contributed by atoms with Crippen LogP contribution in [0.25, 0.3) is 0 Å². The number of carboxylic acid groups (broad SMARTS) is 1. The monoisotopic (exact) mass is 279 g/mol. The number of aromatic carboxylic acids is 1. The van der Waals surface area contributed by atoms with Crippen molar-refractivity contribution in [2.45, 2.75) is 26.2 Å². The summed E-state index contributed by atoms with van der Waals surface area (Å²) in [6, 6.07) is 0. The molecule has 0 aromatic carbocycles. The fourth-order valence-corrected chi connectivity index (χ4v) is 2.60. The van der Waals surface area contributed by atoms with Gasteiger partial charge in [0.25, 0.3) is 0 Å². The van der Waals surface area contributed by atoms with E-state index >= 15 is 0 Å². The van der Waals surface area contributed by atoms with Crippen LogP contribution in [0.4, 0.5) is 5.95 Å². The van der Waals surface area contributed by atoms with Crippen LogP contribution in [0.1, 0.15) is 35.3 Å². The Balaban J connectivity index is 2.16. The summed E-state index contributed by atoms with van der Waals surface area (Å²) in [6.45, 7) is 4.22. The van der Waals surface area contributed by atoms with Crippen LogP contribution < -0.4 is 4.90 Å². The quantitative estimate of drug-likeness (QED) is 0.904. The van der Waals surface area contributed by atoms with E-state index in [-0.39, 0.29) is 5.56 Å². The van der Waals surface area contributed by atoms with Crippen molar-refractivity contribution < 1.29 is 14.6 Å². The first-order valence-electron chi connectivity index (χ1n) is 6.92. The second kappa shape index (κ2) is 6.65. The number of hydrogen-bond donors (Lipinski definition) is 1. The van der Waals surface area contributed by atoms with Crippen molar-refractivity contribution in [3.8, 4) is 0 Å². The Morgan fingerprint density at radius 1 is 1.55 bits per heavy atom. The number of rotatable bonds is 4. The van der Waals surface area contributed by atoms with Crippen molar-refractivity contribution in [1.29, 1.82) is 0 Å². The van der Waals surface area contributed by atoms with Crippen LogP contribution >= 0.6 is 0 Å². The van der Waals surface area contributed by atoms with Gasteiger partial charge in [-0.2, -0.15) is 0 Å². The Kier molecular flexibility index (Phi) is 4.89. The molecule has 1 atom stereocenters. The first-order valence-corrected chi connectivity index (χ1v) is 6.92. The smallest absolute Gasteiger partial charge is 0.339 e. The van der Waals surface area contributed by atoms with Crippen molar-refractivity contribution >= 4 is 11.9 Å². The Morgan fingerprint density at radius 3 is 3.00 bits per heavy atom. The maximum absolute atomic E-state index is 11.0. The van der Waals surface area contributed by atoms with Crippen molar-refractivity contribution in [3.63, 3.8) is 0 Å². The predicted octanol–water partition coefficient (Wildman–Crippen LogP) is 1.74. The van der Waals surface area contributed by atoms with E-state index in [4.69, 9.17) is 9.84 Å². The number of aryl methyl sites for hydroxylation is 1. The van der Waals surface area contributed by atoms with Crippen LogP contribution in [0, 0.1) is 12.8 Å². The number of hydrogen-bond acceptors (Lipinski definition) is 5. The first-order chi connectivity index (χ1) is 9.61. The molecule has 1 aliphatic heterocycles. The molecule has 1 N–H and O–H groups in total. The molecule has 0 radical (unpaired) electrons. The summed E-state index contributed by atoms with van der Waals surface area (Å²) in [5, 5.41) is 9.01. The number of aromatic nitrogens is 2. The van der Waals surface area contributed by atoms with E-state index in [1.54, 1.807) is 14.0 Å². The fourth-order valence-electron chi connectivity index (χ4n) is 2.60. The van der Waals surface area contributed by atoms with Crippen LogP contribution in [-0.2, 0) is 4.74 Å². The predicted molar refractivity (Wildman–Crippen MR) is 75.2 cm³/mol. The minimum absolute atomic E-state index is 0.164. The van der Waals surface area contributed by atoms with E-state index in [1.807, 2.05) is 0 Å². The summed E-state index contributed by atoms with van der Waals surface area (Å²) >= 11 is 0. The van der Waals surface area contributed by atoms with E-state index in [2.05, 4.69) is 14.9 Å². The summed E-state index contributed by atoms with van der Waals surface area (Å²) in [4.78, 5) is 21.7. The summed E-state index contributed by atoms with van der Waals surface area (Å²) in [6.07, 6.45) is 4.83. The molecule has 1 aromatic rings. The first kappa shape index (κ1) is 14.7. The number of carbonyl (C=O) groups is 1. The number of carboxylic acids is 1. The Hall–Kier alpha value is -1.69. The van der Waals surface area contributed by atoms with E-state index in [9.17, 15) is 4.79 Å². The third-order valence-corrected chi connectivity index (χ3v) is 3.65. The average molecular weight is 279 g/mol. The molecule has 0 spiro atoms. The van der Waals surface area contributed by atoms with Crippen LogP contribution in [-0.4, -0.2) is 47.8 Å². The molecule has 0 amide bonds. The molecule has 110 valence electrons. The summed E-state index contributed by atoms with van der Waals surface area (Å²) < 4.78 is 5.25. The van der Waals surface area contributed by atoms with E-state index in [0.717, 1.165) is 32.5 Å². The van der Waals surface area contributed by atoms with Gasteiger partial charge in [-0.3, -0.25) is 0 Å². The second-order valence-corrected chi connectivity index (χ2v) is 5.24. The van der Waals surface area contributed by atoms with Gasteiger partial charge in [-0.1, -0.05) is 6.42 Å². The largest absolute Gasteiger partial charge is 0.478 e. The zero-order chi connectivity index (χ0) is 14.5. The molecule has 6 nitrogen and oxygen atoms in total. The molecular formula is C14H21N3O3. The lowest BCUT2D eigenvalue weighted by Crippen LogP contribution is -2.31. The second-order valence-electron chi connectivity index (χ2n) is 5.24. The van der Waals surface area contributed by atoms with Gasteiger partial charge in [-0.25, -0.2) is 14.8 Å². The van der Waals surface area contributed by atoms with Crippen molar-refractivity contribution in [3.05, 3.63) is 17.5 Å². The highest BCUT2D eigenvalue weighted by Crippen LogP contribution is 2.21. The van der Waals surface area contributed by atoms with Gasteiger partial charge in [-0.05, 0) is 25.7 Å². The van der Waals surface area contributed by atoms with Gasteiger partial charge in [0.15, 0.2) is 0 Å². The summed E-state index contributed by atoms with van der Waals surface area (Å²) in [5.41, 5.74) is 0.673. The van der Waals surface area contributed by atoms with Crippen molar-refractivity contribution in [1.82, 2.24) is 9.97 Å². The van der Waals surface area contributed by atoms with Crippen molar-refractivity contribution in [2.24, 2.45) is 5.92 Å². The zero-order valence-electron chi connectivity index (χ0n) is 12.0. The third kappa shape index (κ3) is 3.45. The molecular weight excluding hydrogens is 258 g/mol. The summed E-state index contributed by atoms with van der Waals surface area (Å²) in [7, 11) is 1.72. The van der Waals surface area contributed by atoms with Crippen LogP contribution in [0.2, 0.25) is 0 Å². The molecule has 1 fully saturated rings. The lowest BCUT2D eigenvalue weighted by molar-refractivity contribution is 0.0695. The molecule has 2 rings (SSSR count). The minimum atomic E-state index is -0.984. The van der Waals surface area contributed by atoms with Crippen molar-refractivity contribution in [2.75, 3.05) is 31.7 Å². The highest BCUT2D eigenvalue weighted by atomic mass is 16.5. The van der Waals surface area contributed by atoms with Gasteiger partial charge >= 0.3 is 5.97 Å². The SMILES string of the molecule is COCC1CCCCN(c2ncc(C(=O)O)c(C)n2)C1. The highest BCUT2D eigenvalue weighted by molar-refractivity contribution is 5.88. The van der Waals surface area contributed by atoms with E-state index < -0.39 is 5.97 Å². The molecule has 1 saturated heterocycles. The topological polar surface area (TPSA) is 75.5 Å². The molecule has 1 aromatic heterocycles. The van der Waals surface area contributed by atoms with Gasteiger partial charge in [0, 0.05) is 26.4 Å². The van der Waals surface area contributed by atoms with Gasteiger partial charge in [0.1, 0.15) is 0 Å². The normalized spacial score (nSPS) is 19.7. The van der Waals surface area contributed by atoms with Gasteiger partial charge < -0.3 is 14.7 Å². The van der Waals surface area contributed by atoms with E-state index in [1.165, 1.54) is 12.6 Å². The number of nitrogens with zero attached hydrogens (tertiary/aromatic N) is 3. The van der Waals surface area contributed by atoms with Gasteiger partial charge in [0.05, 0.1) is 17.9 Å². The molecule has 0 bridgehead atoms. The number of methoxy groups -OCH3 is 1. The Bertz CT molecular complexity index is 479.